The lowest BCUT2D eigenvalue weighted by Crippen LogP contribution is -1.97. The summed E-state index contributed by atoms with van der Waals surface area (Å²) in [6.07, 6.45) is 0. The van der Waals surface area contributed by atoms with Crippen LogP contribution in [0.25, 0.3) is 132 Å². The Balaban J connectivity index is 1.01. The predicted molar refractivity (Wildman–Crippen MR) is 263 cm³/mol. The standard InChI is InChI=1S/C60H36N2/c1-2-14-40(15-3-1)61-55-24-11-10-21-48(55)54-35-38(27-33-57(54)61)39-26-28-49-53-29-25-37-13-4-5-16-41(37)60(53)62(58(49)36-39)56-34-32-45(42-17-8-9-20-47(42)56)46-30-31-52-44-19-7-6-18-43(44)50-22-12-23-51(46)59(50)52/h1-36H. The highest BCUT2D eigenvalue weighted by Gasteiger charge is 2.24. The van der Waals surface area contributed by atoms with Gasteiger partial charge in [0, 0.05) is 38.0 Å². The molecule has 1 aliphatic rings. The van der Waals surface area contributed by atoms with Gasteiger partial charge in [-0.05, 0) is 109 Å². The summed E-state index contributed by atoms with van der Waals surface area (Å²) in [5.41, 5.74) is 17.4. The SMILES string of the molecule is c1ccc(-n2c3ccccc3c3cc(-c4ccc5c6ccc7ccccc7c6n(-c6ccc(-c7ccc8c9c(cccc79)-c7ccccc7-8)c7ccccc67)c5c4)ccc32)cc1. The lowest BCUT2D eigenvalue weighted by atomic mass is 9.91. The van der Waals surface area contributed by atoms with Crippen molar-refractivity contribution in [3.05, 3.63) is 218 Å². The molecule has 2 nitrogen and oxygen atoms in total. The van der Waals surface area contributed by atoms with E-state index < -0.39 is 0 Å². The van der Waals surface area contributed by atoms with Crippen molar-refractivity contribution in [3.63, 3.8) is 0 Å². The van der Waals surface area contributed by atoms with Crippen LogP contribution in [0.5, 0.6) is 0 Å². The van der Waals surface area contributed by atoms with Crippen molar-refractivity contribution in [2.45, 2.75) is 0 Å². The maximum absolute atomic E-state index is 2.55. The third kappa shape index (κ3) is 4.58. The van der Waals surface area contributed by atoms with Gasteiger partial charge < -0.3 is 9.13 Å². The number of benzene rings is 11. The van der Waals surface area contributed by atoms with Crippen LogP contribution in [0.4, 0.5) is 0 Å². The van der Waals surface area contributed by atoms with Crippen molar-refractivity contribution < 1.29 is 0 Å². The molecule has 0 N–H and O–H groups in total. The third-order valence-corrected chi connectivity index (χ3v) is 13.7. The molecule has 0 saturated carbocycles. The molecule has 0 unspecified atom stereocenters. The Kier molecular flexibility index (Phi) is 6.86. The zero-order chi connectivity index (χ0) is 40.5. The predicted octanol–water partition coefficient (Wildman–Crippen LogP) is 16.3. The summed E-state index contributed by atoms with van der Waals surface area (Å²) in [7, 11) is 0. The third-order valence-electron chi connectivity index (χ3n) is 13.7. The van der Waals surface area contributed by atoms with Gasteiger partial charge >= 0.3 is 0 Å². The minimum Gasteiger partial charge on any atom is -0.309 e. The minimum atomic E-state index is 1.17. The highest BCUT2D eigenvalue weighted by Crippen LogP contribution is 2.50. The van der Waals surface area contributed by atoms with E-state index in [1.807, 2.05) is 0 Å². The van der Waals surface area contributed by atoms with E-state index in [1.54, 1.807) is 0 Å². The van der Waals surface area contributed by atoms with Gasteiger partial charge in [-0.15, -0.1) is 0 Å². The van der Waals surface area contributed by atoms with Gasteiger partial charge in [-0.3, -0.25) is 0 Å². The monoisotopic (exact) mass is 784 g/mol. The van der Waals surface area contributed by atoms with Crippen LogP contribution < -0.4 is 0 Å². The van der Waals surface area contributed by atoms with Crippen LogP contribution in [0.2, 0.25) is 0 Å². The highest BCUT2D eigenvalue weighted by atomic mass is 15.0. The fourth-order valence-electron chi connectivity index (χ4n) is 11.0. The first-order valence-corrected chi connectivity index (χ1v) is 21.5. The summed E-state index contributed by atoms with van der Waals surface area (Å²) in [4.78, 5) is 0. The van der Waals surface area contributed by atoms with Gasteiger partial charge in [-0.1, -0.05) is 176 Å². The molecule has 2 heteroatoms. The normalized spacial score (nSPS) is 12.2. The van der Waals surface area contributed by atoms with E-state index in [9.17, 15) is 0 Å². The molecular formula is C60H36N2. The molecular weight excluding hydrogens is 749 g/mol. The molecule has 0 amide bonds. The van der Waals surface area contributed by atoms with Crippen molar-refractivity contribution in [2.75, 3.05) is 0 Å². The number of hydrogen-bond donors (Lipinski definition) is 0. The van der Waals surface area contributed by atoms with Crippen LogP contribution in [-0.2, 0) is 0 Å². The Labute approximate surface area is 357 Å². The molecule has 1 aliphatic carbocycles. The summed E-state index contributed by atoms with van der Waals surface area (Å²) in [5.74, 6) is 0. The number of rotatable bonds is 4. The topological polar surface area (TPSA) is 9.86 Å². The van der Waals surface area contributed by atoms with Crippen molar-refractivity contribution in [1.82, 2.24) is 9.13 Å². The van der Waals surface area contributed by atoms with Crippen LogP contribution >= 0.6 is 0 Å². The molecule has 0 aliphatic heterocycles. The Hall–Kier alpha value is -8.20. The molecule has 0 saturated heterocycles. The number of nitrogens with zero attached hydrogens (tertiary/aromatic N) is 2. The number of aromatic nitrogens is 2. The summed E-state index contributed by atoms with van der Waals surface area (Å²) < 4.78 is 4.94. The van der Waals surface area contributed by atoms with E-state index in [1.165, 1.54) is 132 Å². The van der Waals surface area contributed by atoms with Gasteiger partial charge in [0.05, 0.1) is 27.8 Å². The van der Waals surface area contributed by atoms with Crippen molar-refractivity contribution in [1.29, 1.82) is 0 Å². The fraction of sp³-hybridized carbons (Fsp3) is 0. The van der Waals surface area contributed by atoms with Crippen LogP contribution in [0.15, 0.2) is 218 Å². The van der Waals surface area contributed by atoms with Gasteiger partial charge in [0.1, 0.15) is 0 Å². The van der Waals surface area contributed by atoms with Crippen LogP contribution in [-0.4, -0.2) is 9.13 Å². The first-order valence-electron chi connectivity index (χ1n) is 21.5. The van der Waals surface area contributed by atoms with Crippen LogP contribution in [0.3, 0.4) is 0 Å². The maximum Gasteiger partial charge on any atom is 0.0619 e. The van der Waals surface area contributed by atoms with E-state index in [4.69, 9.17) is 0 Å². The summed E-state index contributed by atoms with van der Waals surface area (Å²) >= 11 is 0. The fourth-order valence-corrected chi connectivity index (χ4v) is 11.0. The molecule has 2 aromatic heterocycles. The van der Waals surface area contributed by atoms with E-state index in [0.717, 1.165) is 0 Å². The number of para-hydroxylation sites is 2. The van der Waals surface area contributed by atoms with Gasteiger partial charge in [-0.2, -0.15) is 0 Å². The Bertz CT molecular complexity index is 4000. The number of hydrogen-bond acceptors (Lipinski definition) is 0. The zero-order valence-electron chi connectivity index (χ0n) is 33.7. The molecule has 62 heavy (non-hydrogen) atoms. The second kappa shape index (κ2) is 12.7. The average Bonchev–Trinajstić information content (AvgIpc) is 3.98. The molecule has 11 aromatic carbocycles. The zero-order valence-corrected chi connectivity index (χ0v) is 33.7. The number of fused-ring (bicyclic) bond motifs is 12. The minimum absolute atomic E-state index is 1.17. The Morgan fingerprint density at radius 1 is 0.258 bits per heavy atom. The van der Waals surface area contributed by atoms with Gasteiger partial charge in [0.2, 0.25) is 0 Å². The first kappa shape index (κ1) is 33.6. The largest absolute Gasteiger partial charge is 0.309 e. The smallest absolute Gasteiger partial charge is 0.0619 e. The molecule has 0 bridgehead atoms. The van der Waals surface area contributed by atoms with Gasteiger partial charge in [0.15, 0.2) is 0 Å². The molecule has 286 valence electrons. The van der Waals surface area contributed by atoms with Crippen LogP contribution in [0, 0.1) is 0 Å². The second-order valence-corrected chi connectivity index (χ2v) is 16.8. The van der Waals surface area contributed by atoms with E-state index in [-0.39, 0.29) is 0 Å². The lowest BCUT2D eigenvalue weighted by Gasteiger charge is -2.17. The first-order chi connectivity index (χ1) is 30.8. The van der Waals surface area contributed by atoms with E-state index >= 15 is 0 Å². The molecule has 2 heterocycles. The lowest BCUT2D eigenvalue weighted by molar-refractivity contribution is 1.18. The quantitative estimate of drug-likeness (QED) is 0.168. The molecule has 0 atom stereocenters. The molecule has 13 aromatic rings. The van der Waals surface area contributed by atoms with Crippen molar-refractivity contribution in [2.24, 2.45) is 0 Å². The van der Waals surface area contributed by atoms with E-state index in [0.29, 0.717) is 0 Å². The molecule has 0 radical (unpaired) electrons. The van der Waals surface area contributed by atoms with Gasteiger partial charge in [-0.25, -0.2) is 0 Å². The Morgan fingerprint density at radius 3 is 1.71 bits per heavy atom. The van der Waals surface area contributed by atoms with E-state index in [2.05, 4.69) is 228 Å². The summed E-state index contributed by atoms with van der Waals surface area (Å²) in [6.45, 7) is 0. The average molecular weight is 785 g/mol. The summed E-state index contributed by atoms with van der Waals surface area (Å²) in [6, 6.07) is 81.1. The van der Waals surface area contributed by atoms with Crippen molar-refractivity contribution >= 4 is 75.9 Å². The summed E-state index contributed by atoms with van der Waals surface area (Å²) in [5, 5.41) is 12.6. The van der Waals surface area contributed by atoms with Crippen molar-refractivity contribution in [3.8, 4) is 55.9 Å². The maximum atomic E-state index is 2.55. The molecule has 14 rings (SSSR count). The molecule has 0 spiro atoms. The second-order valence-electron chi connectivity index (χ2n) is 16.8. The molecule has 0 fully saturated rings. The highest BCUT2D eigenvalue weighted by molar-refractivity contribution is 6.22. The van der Waals surface area contributed by atoms with Gasteiger partial charge in [0.25, 0.3) is 0 Å². The van der Waals surface area contributed by atoms with Crippen LogP contribution in [0.1, 0.15) is 0 Å². The Morgan fingerprint density at radius 2 is 0.839 bits per heavy atom.